The topological polar surface area (TPSA) is 36.1 Å². The monoisotopic (exact) mass is 282 g/mol. The van der Waals surface area contributed by atoms with Crippen molar-refractivity contribution in [2.45, 2.75) is 27.2 Å². The van der Waals surface area contributed by atoms with Crippen LogP contribution in [0, 0.1) is 5.41 Å². The van der Waals surface area contributed by atoms with Gasteiger partial charge in [-0.2, -0.15) is 0 Å². The molecule has 3 rings (SSSR count). The van der Waals surface area contributed by atoms with Gasteiger partial charge < -0.3 is 9.88 Å². The van der Waals surface area contributed by atoms with Crippen LogP contribution < -0.4 is 0 Å². The molecule has 1 amide bonds. The largest absolute Gasteiger partial charge is 0.351 e. The van der Waals surface area contributed by atoms with E-state index in [9.17, 15) is 4.79 Å². The molecule has 0 spiro atoms. The van der Waals surface area contributed by atoms with Crippen molar-refractivity contribution >= 4 is 16.8 Å². The molecule has 0 saturated carbocycles. The first-order chi connectivity index (χ1) is 9.95. The number of hydrogen-bond acceptors (Lipinski definition) is 1. The Balaban J connectivity index is 1.79. The van der Waals surface area contributed by atoms with Crippen molar-refractivity contribution in [1.82, 2.24) is 9.88 Å². The summed E-state index contributed by atoms with van der Waals surface area (Å²) in [6.07, 6.45) is 3.18. The summed E-state index contributed by atoms with van der Waals surface area (Å²) in [6.45, 7) is 8.20. The molecule has 3 heteroatoms. The highest BCUT2D eigenvalue weighted by atomic mass is 16.2. The standard InChI is InChI=1S/C18H22N2O/c1-18(2,3)14-8-10-20(11-9-14)17(21)16-12-13-6-4-5-7-15(13)19-16/h4-8,12,19H,9-11H2,1-3H3. The molecule has 0 bridgehead atoms. The molecule has 0 unspecified atom stereocenters. The van der Waals surface area contributed by atoms with E-state index in [1.54, 1.807) is 0 Å². The summed E-state index contributed by atoms with van der Waals surface area (Å²) in [6, 6.07) is 9.94. The summed E-state index contributed by atoms with van der Waals surface area (Å²) in [4.78, 5) is 17.7. The van der Waals surface area contributed by atoms with Crippen LogP contribution in [0.5, 0.6) is 0 Å². The normalized spacial score (nSPS) is 16.1. The molecule has 1 aromatic carbocycles. The van der Waals surface area contributed by atoms with Crippen molar-refractivity contribution in [2.24, 2.45) is 5.41 Å². The first kappa shape index (κ1) is 13.9. The lowest BCUT2D eigenvalue weighted by Crippen LogP contribution is -2.36. The minimum atomic E-state index is 0.0930. The van der Waals surface area contributed by atoms with Crippen LogP contribution in [0.2, 0.25) is 0 Å². The predicted molar refractivity (Wildman–Crippen MR) is 86.4 cm³/mol. The van der Waals surface area contributed by atoms with E-state index in [4.69, 9.17) is 0 Å². The number of para-hydroxylation sites is 1. The number of aromatic nitrogens is 1. The lowest BCUT2D eigenvalue weighted by Gasteiger charge is -2.32. The SMILES string of the molecule is CC(C)(C)C1=CCN(C(=O)c2cc3ccccc3[nH]2)CC1. The molecule has 21 heavy (non-hydrogen) atoms. The molecule has 0 saturated heterocycles. The van der Waals surface area contributed by atoms with Crippen molar-refractivity contribution in [3.05, 3.63) is 47.7 Å². The minimum absolute atomic E-state index is 0.0930. The Kier molecular flexibility index (Phi) is 3.36. The average Bonchev–Trinajstić information content (AvgIpc) is 2.89. The third kappa shape index (κ3) is 2.73. The van der Waals surface area contributed by atoms with E-state index in [0.29, 0.717) is 12.2 Å². The van der Waals surface area contributed by atoms with Crippen LogP contribution >= 0.6 is 0 Å². The zero-order valence-corrected chi connectivity index (χ0v) is 12.9. The number of carbonyl (C=O) groups excluding carboxylic acids is 1. The number of fused-ring (bicyclic) bond motifs is 1. The first-order valence-corrected chi connectivity index (χ1v) is 7.52. The fraction of sp³-hybridized carbons (Fsp3) is 0.389. The summed E-state index contributed by atoms with van der Waals surface area (Å²) in [5.41, 5.74) is 3.35. The van der Waals surface area contributed by atoms with Crippen LogP contribution in [0.25, 0.3) is 10.9 Å². The van der Waals surface area contributed by atoms with Gasteiger partial charge in [0.25, 0.3) is 5.91 Å². The van der Waals surface area contributed by atoms with Gasteiger partial charge in [-0.3, -0.25) is 4.79 Å². The predicted octanol–water partition coefficient (Wildman–Crippen LogP) is 3.99. The molecular formula is C18H22N2O. The van der Waals surface area contributed by atoms with Crippen LogP contribution in [0.4, 0.5) is 0 Å². The van der Waals surface area contributed by atoms with Gasteiger partial charge in [0.15, 0.2) is 0 Å². The molecule has 1 aliphatic heterocycles. The first-order valence-electron chi connectivity index (χ1n) is 7.52. The maximum Gasteiger partial charge on any atom is 0.270 e. The van der Waals surface area contributed by atoms with Gasteiger partial charge in [-0.1, -0.05) is 50.6 Å². The summed E-state index contributed by atoms with van der Waals surface area (Å²) < 4.78 is 0. The highest BCUT2D eigenvalue weighted by Crippen LogP contribution is 2.30. The number of benzene rings is 1. The molecule has 1 aliphatic rings. The van der Waals surface area contributed by atoms with Crippen molar-refractivity contribution in [3.8, 4) is 0 Å². The van der Waals surface area contributed by atoms with Gasteiger partial charge in [0.1, 0.15) is 5.69 Å². The van der Waals surface area contributed by atoms with Gasteiger partial charge in [0.2, 0.25) is 0 Å². The second-order valence-electron chi connectivity index (χ2n) is 6.75. The van der Waals surface area contributed by atoms with Gasteiger partial charge in [-0.15, -0.1) is 0 Å². The van der Waals surface area contributed by atoms with Crippen LogP contribution in [0.3, 0.4) is 0 Å². The zero-order valence-electron chi connectivity index (χ0n) is 12.9. The van der Waals surface area contributed by atoms with Crippen LogP contribution in [0.15, 0.2) is 42.0 Å². The Morgan fingerprint density at radius 1 is 1.24 bits per heavy atom. The van der Waals surface area contributed by atoms with Crippen molar-refractivity contribution in [1.29, 1.82) is 0 Å². The van der Waals surface area contributed by atoms with E-state index in [0.717, 1.165) is 23.9 Å². The number of hydrogen-bond donors (Lipinski definition) is 1. The Labute approximate surface area is 125 Å². The Hall–Kier alpha value is -2.03. The lowest BCUT2D eigenvalue weighted by atomic mass is 9.83. The Bertz CT molecular complexity index is 670. The molecule has 1 aromatic heterocycles. The number of rotatable bonds is 1. The number of amides is 1. The van der Waals surface area contributed by atoms with Crippen molar-refractivity contribution < 1.29 is 4.79 Å². The van der Waals surface area contributed by atoms with E-state index in [2.05, 4.69) is 31.8 Å². The average molecular weight is 282 g/mol. The highest BCUT2D eigenvalue weighted by molar-refractivity contribution is 5.98. The van der Waals surface area contributed by atoms with Gasteiger partial charge in [-0.25, -0.2) is 0 Å². The fourth-order valence-corrected chi connectivity index (χ4v) is 2.89. The van der Waals surface area contributed by atoms with E-state index in [-0.39, 0.29) is 11.3 Å². The quantitative estimate of drug-likeness (QED) is 0.789. The van der Waals surface area contributed by atoms with Gasteiger partial charge >= 0.3 is 0 Å². The number of aromatic amines is 1. The molecular weight excluding hydrogens is 260 g/mol. The zero-order chi connectivity index (χ0) is 15.0. The fourth-order valence-electron chi connectivity index (χ4n) is 2.89. The molecule has 3 nitrogen and oxygen atoms in total. The summed E-state index contributed by atoms with van der Waals surface area (Å²) in [5, 5.41) is 1.09. The number of nitrogens with zero attached hydrogens (tertiary/aromatic N) is 1. The molecule has 0 atom stereocenters. The Morgan fingerprint density at radius 2 is 2.00 bits per heavy atom. The molecule has 2 heterocycles. The molecule has 110 valence electrons. The molecule has 0 aliphatic carbocycles. The molecule has 2 aromatic rings. The minimum Gasteiger partial charge on any atom is -0.351 e. The van der Waals surface area contributed by atoms with Crippen LogP contribution in [-0.2, 0) is 0 Å². The van der Waals surface area contributed by atoms with E-state index >= 15 is 0 Å². The maximum atomic E-state index is 12.6. The van der Waals surface area contributed by atoms with Crippen LogP contribution in [0.1, 0.15) is 37.7 Å². The van der Waals surface area contributed by atoms with E-state index in [1.807, 2.05) is 35.2 Å². The number of nitrogens with one attached hydrogen (secondary N) is 1. The summed E-state index contributed by atoms with van der Waals surface area (Å²) in [5.74, 6) is 0.0930. The molecule has 0 radical (unpaired) electrons. The van der Waals surface area contributed by atoms with Crippen LogP contribution in [-0.4, -0.2) is 28.9 Å². The smallest absolute Gasteiger partial charge is 0.270 e. The Morgan fingerprint density at radius 3 is 2.62 bits per heavy atom. The second kappa shape index (κ2) is 5.06. The highest BCUT2D eigenvalue weighted by Gasteiger charge is 2.24. The number of H-pyrrole nitrogens is 1. The van der Waals surface area contributed by atoms with E-state index < -0.39 is 0 Å². The maximum absolute atomic E-state index is 12.6. The lowest BCUT2D eigenvalue weighted by molar-refractivity contribution is 0.0760. The summed E-state index contributed by atoms with van der Waals surface area (Å²) in [7, 11) is 0. The van der Waals surface area contributed by atoms with Gasteiger partial charge in [0.05, 0.1) is 0 Å². The third-order valence-corrected chi connectivity index (χ3v) is 4.22. The molecule has 1 N–H and O–H groups in total. The molecule has 0 fully saturated rings. The second-order valence-corrected chi connectivity index (χ2v) is 6.75. The van der Waals surface area contributed by atoms with Crippen molar-refractivity contribution in [2.75, 3.05) is 13.1 Å². The van der Waals surface area contributed by atoms with E-state index in [1.165, 1.54) is 5.57 Å². The van der Waals surface area contributed by atoms with Gasteiger partial charge in [-0.05, 0) is 24.0 Å². The third-order valence-electron chi connectivity index (χ3n) is 4.22. The number of carbonyl (C=O) groups is 1. The summed E-state index contributed by atoms with van der Waals surface area (Å²) >= 11 is 0. The van der Waals surface area contributed by atoms with Crippen molar-refractivity contribution in [3.63, 3.8) is 0 Å². The van der Waals surface area contributed by atoms with Gasteiger partial charge in [0, 0.05) is 24.0 Å².